The van der Waals surface area contributed by atoms with Gasteiger partial charge in [0, 0.05) is 48.9 Å². The van der Waals surface area contributed by atoms with Crippen LogP contribution in [0.3, 0.4) is 0 Å². The first kappa shape index (κ1) is 29.9. The third kappa shape index (κ3) is 7.33. The third-order valence-corrected chi connectivity index (χ3v) is 9.25. The van der Waals surface area contributed by atoms with Crippen LogP contribution in [0.15, 0.2) is 72.9 Å². The second-order valence-corrected chi connectivity index (χ2v) is 12.4. The zero-order valence-electron chi connectivity index (χ0n) is 25.5. The molecule has 2 amide bonds. The number of aryl methyl sites for hydroxylation is 1. The molecule has 0 aliphatic carbocycles. The first-order valence-corrected chi connectivity index (χ1v) is 16.0. The number of pyridine rings is 1. The smallest absolute Gasteiger partial charge is 0.255 e. The summed E-state index contributed by atoms with van der Waals surface area (Å²) in [4.78, 5) is 34.9. The predicted octanol–water partition coefficient (Wildman–Crippen LogP) is 7.61. The lowest BCUT2D eigenvalue weighted by molar-refractivity contribution is -0.132. The molecular formula is C37H41FN4O2. The minimum atomic E-state index is -0.272. The summed E-state index contributed by atoms with van der Waals surface area (Å²) in [5.41, 5.74) is 6.13. The van der Waals surface area contributed by atoms with E-state index in [1.807, 2.05) is 31.3 Å². The number of fused-ring (bicyclic) bond motifs is 1. The van der Waals surface area contributed by atoms with E-state index in [-0.39, 0.29) is 11.7 Å². The van der Waals surface area contributed by atoms with Crippen LogP contribution in [0.2, 0.25) is 0 Å². The molecule has 6 nitrogen and oxygen atoms in total. The maximum atomic E-state index is 13.3. The van der Waals surface area contributed by atoms with E-state index in [2.05, 4.69) is 27.2 Å². The van der Waals surface area contributed by atoms with E-state index in [0.717, 1.165) is 98.1 Å². The zero-order valence-corrected chi connectivity index (χ0v) is 25.5. The highest BCUT2D eigenvalue weighted by atomic mass is 19.1. The standard InChI is InChI=1S/C37H41FN4O2/c1-26-21-32-22-28(25-41-19-15-27(16-20-41)5-14-36(43)42-17-3-2-4-18-42)24-39-35(32)23-34(26)40-37(44)31-8-6-29(7-9-31)30-10-12-33(38)13-11-30/h6-13,21-24,27H,2-5,14-20,25H2,1H3,(H,40,44). The Morgan fingerprint density at radius 2 is 1.57 bits per heavy atom. The molecule has 0 radical (unpaired) electrons. The van der Waals surface area contributed by atoms with E-state index in [9.17, 15) is 14.0 Å². The normalized spacial score (nSPS) is 16.3. The number of hydrogen-bond donors (Lipinski definition) is 1. The number of piperidine rings is 2. The SMILES string of the molecule is Cc1cc2cc(CN3CCC(CCC(=O)N4CCCCC4)CC3)cnc2cc1NC(=O)c1ccc(-c2ccc(F)cc2)cc1. The molecule has 1 N–H and O–H groups in total. The first-order valence-electron chi connectivity index (χ1n) is 16.0. The molecular weight excluding hydrogens is 551 g/mol. The molecule has 0 saturated carbocycles. The maximum Gasteiger partial charge on any atom is 0.255 e. The van der Waals surface area contributed by atoms with Crippen molar-refractivity contribution >= 4 is 28.4 Å². The Balaban J connectivity index is 1.02. The quantitative estimate of drug-likeness (QED) is 0.229. The van der Waals surface area contributed by atoms with E-state index in [1.165, 1.54) is 24.1 Å². The molecule has 6 rings (SSSR count). The molecule has 2 aliphatic heterocycles. The van der Waals surface area contributed by atoms with Crippen molar-refractivity contribution < 1.29 is 14.0 Å². The number of aromatic nitrogens is 1. The fourth-order valence-corrected chi connectivity index (χ4v) is 6.53. The van der Waals surface area contributed by atoms with Crippen molar-refractivity contribution in [1.82, 2.24) is 14.8 Å². The van der Waals surface area contributed by atoms with Gasteiger partial charge in [-0.05, 0) is 129 Å². The number of carbonyl (C=O) groups is 2. The lowest BCUT2D eigenvalue weighted by Crippen LogP contribution is -2.36. The molecule has 2 fully saturated rings. The minimum Gasteiger partial charge on any atom is -0.343 e. The molecule has 0 atom stereocenters. The lowest BCUT2D eigenvalue weighted by Gasteiger charge is -2.32. The van der Waals surface area contributed by atoms with Gasteiger partial charge >= 0.3 is 0 Å². The summed E-state index contributed by atoms with van der Waals surface area (Å²) < 4.78 is 13.3. The van der Waals surface area contributed by atoms with E-state index >= 15 is 0 Å². The largest absolute Gasteiger partial charge is 0.343 e. The number of carbonyl (C=O) groups excluding carboxylic acids is 2. The number of nitrogens with one attached hydrogen (secondary N) is 1. The second kappa shape index (κ2) is 13.7. The summed E-state index contributed by atoms with van der Waals surface area (Å²) in [6.07, 6.45) is 9.51. The van der Waals surface area contributed by atoms with Crippen LogP contribution in [-0.2, 0) is 11.3 Å². The van der Waals surface area contributed by atoms with Crippen LogP contribution in [-0.4, -0.2) is 52.8 Å². The lowest BCUT2D eigenvalue weighted by atomic mass is 9.91. The van der Waals surface area contributed by atoms with Gasteiger partial charge in [-0.2, -0.15) is 0 Å². The van der Waals surface area contributed by atoms with Crippen molar-refractivity contribution in [2.75, 3.05) is 31.5 Å². The Kier molecular flexibility index (Phi) is 9.31. The van der Waals surface area contributed by atoms with E-state index < -0.39 is 0 Å². The molecule has 4 aromatic rings. The number of likely N-dealkylation sites (tertiary alicyclic amines) is 2. The van der Waals surface area contributed by atoms with Gasteiger partial charge in [0.25, 0.3) is 5.91 Å². The molecule has 7 heteroatoms. The van der Waals surface area contributed by atoms with Crippen molar-refractivity contribution in [3.63, 3.8) is 0 Å². The number of rotatable bonds is 8. The van der Waals surface area contributed by atoms with Gasteiger partial charge in [-0.25, -0.2) is 4.39 Å². The predicted molar refractivity (Wildman–Crippen MR) is 174 cm³/mol. The van der Waals surface area contributed by atoms with Gasteiger partial charge in [0.05, 0.1) is 5.52 Å². The number of anilines is 1. The van der Waals surface area contributed by atoms with Crippen LogP contribution in [0.25, 0.3) is 22.0 Å². The Labute approximate surface area is 259 Å². The Morgan fingerprint density at radius 1 is 0.886 bits per heavy atom. The highest BCUT2D eigenvalue weighted by molar-refractivity contribution is 6.05. The van der Waals surface area contributed by atoms with E-state index in [4.69, 9.17) is 4.98 Å². The minimum absolute atomic E-state index is 0.186. The van der Waals surface area contributed by atoms with Gasteiger partial charge < -0.3 is 10.2 Å². The monoisotopic (exact) mass is 592 g/mol. The van der Waals surface area contributed by atoms with E-state index in [1.54, 1.807) is 24.3 Å². The summed E-state index contributed by atoms with van der Waals surface area (Å²) in [6.45, 7) is 6.86. The van der Waals surface area contributed by atoms with Gasteiger partial charge in [0.2, 0.25) is 5.91 Å². The van der Waals surface area contributed by atoms with Crippen LogP contribution in [0, 0.1) is 18.7 Å². The Morgan fingerprint density at radius 3 is 2.27 bits per heavy atom. The van der Waals surface area contributed by atoms with E-state index in [0.29, 0.717) is 23.8 Å². The molecule has 3 aromatic carbocycles. The highest BCUT2D eigenvalue weighted by Crippen LogP contribution is 2.27. The van der Waals surface area contributed by atoms with Crippen LogP contribution >= 0.6 is 0 Å². The van der Waals surface area contributed by atoms with Gasteiger partial charge in [-0.3, -0.25) is 19.5 Å². The van der Waals surface area contributed by atoms with Crippen molar-refractivity contribution in [2.24, 2.45) is 5.92 Å². The topological polar surface area (TPSA) is 65.5 Å². The Bertz CT molecular complexity index is 1610. The molecule has 1 aromatic heterocycles. The van der Waals surface area contributed by atoms with Crippen molar-refractivity contribution in [3.8, 4) is 11.1 Å². The van der Waals surface area contributed by atoms with Crippen LogP contribution in [0.5, 0.6) is 0 Å². The molecule has 2 saturated heterocycles. The molecule has 0 unspecified atom stereocenters. The highest BCUT2D eigenvalue weighted by Gasteiger charge is 2.22. The van der Waals surface area contributed by atoms with Crippen LogP contribution in [0.4, 0.5) is 10.1 Å². The van der Waals surface area contributed by atoms with Crippen LogP contribution in [0.1, 0.15) is 66.4 Å². The molecule has 228 valence electrons. The number of amides is 2. The van der Waals surface area contributed by atoms with Gasteiger partial charge in [-0.1, -0.05) is 24.3 Å². The Hall–Kier alpha value is -4.10. The second-order valence-electron chi connectivity index (χ2n) is 12.4. The van der Waals surface area contributed by atoms with Crippen molar-refractivity contribution in [2.45, 2.75) is 58.4 Å². The number of halogens is 1. The summed E-state index contributed by atoms with van der Waals surface area (Å²) in [7, 11) is 0. The van der Waals surface area contributed by atoms with Gasteiger partial charge in [0.15, 0.2) is 0 Å². The molecule has 44 heavy (non-hydrogen) atoms. The summed E-state index contributed by atoms with van der Waals surface area (Å²) in [5, 5.41) is 4.11. The van der Waals surface area contributed by atoms with Crippen molar-refractivity contribution in [3.05, 3.63) is 95.4 Å². The maximum absolute atomic E-state index is 13.3. The number of benzene rings is 3. The van der Waals surface area contributed by atoms with Crippen LogP contribution < -0.4 is 5.32 Å². The molecule has 2 aliphatic rings. The summed E-state index contributed by atoms with van der Waals surface area (Å²) >= 11 is 0. The average Bonchev–Trinajstić information content (AvgIpc) is 3.05. The average molecular weight is 593 g/mol. The molecule has 0 spiro atoms. The molecule has 0 bridgehead atoms. The number of hydrogen-bond acceptors (Lipinski definition) is 4. The zero-order chi connectivity index (χ0) is 30.5. The van der Waals surface area contributed by atoms with Gasteiger partial charge in [0.1, 0.15) is 5.82 Å². The third-order valence-electron chi connectivity index (χ3n) is 9.25. The molecule has 3 heterocycles. The fraction of sp³-hybridized carbons (Fsp3) is 0.378. The summed E-state index contributed by atoms with van der Waals surface area (Å²) in [5.74, 6) is 0.531. The first-order chi connectivity index (χ1) is 21.4. The number of nitrogens with zero attached hydrogens (tertiary/aromatic N) is 3. The fourth-order valence-electron chi connectivity index (χ4n) is 6.53. The summed E-state index contributed by atoms with van der Waals surface area (Å²) in [6, 6.07) is 19.9. The van der Waals surface area contributed by atoms with Crippen molar-refractivity contribution in [1.29, 1.82) is 0 Å². The van der Waals surface area contributed by atoms with Gasteiger partial charge in [-0.15, -0.1) is 0 Å².